The number of nitrogens with one attached hydrogen (secondary N) is 1. The zero-order chi connectivity index (χ0) is 14.6. The van der Waals surface area contributed by atoms with Gasteiger partial charge >= 0.3 is 0 Å². The Bertz CT molecular complexity index is 334. The molecule has 0 spiro atoms. The minimum atomic E-state index is -0.142. The van der Waals surface area contributed by atoms with Crippen molar-refractivity contribution in [3.63, 3.8) is 0 Å². The van der Waals surface area contributed by atoms with Crippen LogP contribution < -0.4 is 5.32 Å². The van der Waals surface area contributed by atoms with Crippen molar-refractivity contribution < 1.29 is 4.39 Å². The van der Waals surface area contributed by atoms with E-state index in [1.807, 2.05) is 12.1 Å². The largest absolute Gasteiger partial charge is 0.317 e. The zero-order valence-electron chi connectivity index (χ0n) is 13.1. The lowest BCUT2D eigenvalue weighted by atomic mass is 9.93. The molecule has 114 valence electrons. The van der Waals surface area contributed by atoms with E-state index in [-0.39, 0.29) is 5.82 Å². The molecule has 1 aromatic rings. The fraction of sp³-hybridized carbons (Fsp3) is 0.667. The average Bonchev–Trinajstić information content (AvgIpc) is 2.46. The van der Waals surface area contributed by atoms with Crippen molar-refractivity contribution >= 4 is 0 Å². The first-order valence-corrected chi connectivity index (χ1v) is 8.21. The number of halogens is 1. The van der Waals surface area contributed by atoms with E-state index in [1.165, 1.54) is 44.1 Å². The van der Waals surface area contributed by atoms with Crippen molar-refractivity contribution in [2.75, 3.05) is 13.1 Å². The van der Waals surface area contributed by atoms with Gasteiger partial charge in [0.2, 0.25) is 0 Å². The summed E-state index contributed by atoms with van der Waals surface area (Å²) < 4.78 is 12.9. The van der Waals surface area contributed by atoms with E-state index < -0.39 is 0 Å². The first-order valence-electron chi connectivity index (χ1n) is 8.21. The molecule has 1 unspecified atom stereocenters. The van der Waals surface area contributed by atoms with Gasteiger partial charge in [-0.05, 0) is 49.5 Å². The average molecular weight is 279 g/mol. The third kappa shape index (κ3) is 7.64. The van der Waals surface area contributed by atoms with Crippen LogP contribution in [0.4, 0.5) is 4.39 Å². The van der Waals surface area contributed by atoms with E-state index in [0.717, 1.165) is 19.5 Å². The number of hydrogen-bond acceptors (Lipinski definition) is 1. The molecule has 20 heavy (non-hydrogen) atoms. The molecule has 0 heterocycles. The lowest BCUT2D eigenvalue weighted by Gasteiger charge is -2.17. The SMILES string of the molecule is CCCCCCCC(CNCC)Cc1ccc(F)cc1. The number of rotatable bonds is 11. The Kier molecular flexibility index (Phi) is 9.31. The topological polar surface area (TPSA) is 12.0 Å². The van der Waals surface area contributed by atoms with E-state index in [2.05, 4.69) is 19.2 Å². The van der Waals surface area contributed by atoms with E-state index >= 15 is 0 Å². The molecule has 0 fully saturated rings. The smallest absolute Gasteiger partial charge is 0.123 e. The van der Waals surface area contributed by atoms with Gasteiger partial charge in [0.05, 0.1) is 0 Å². The highest BCUT2D eigenvalue weighted by molar-refractivity contribution is 5.16. The molecule has 0 amide bonds. The van der Waals surface area contributed by atoms with Crippen LogP contribution in [0.3, 0.4) is 0 Å². The molecule has 0 saturated carbocycles. The lowest BCUT2D eigenvalue weighted by molar-refractivity contribution is 0.424. The minimum absolute atomic E-state index is 0.142. The number of unbranched alkanes of at least 4 members (excludes halogenated alkanes) is 4. The van der Waals surface area contributed by atoms with Crippen molar-refractivity contribution in [3.05, 3.63) is 35.6 Å². The highest BCUT2D eigenvalue weighted by Gasteiger charge is 2.09. The summed E-state index contributed by atoms with van der Waals surface area (Å²) in [5.41, 5.74) is 1.25. The third-order valence-corrected chi connectivity index (χ3v) is 3.84. The van der Waals surface area contributed by atoms with Crippen LogP contribution in [0.1, 0.15) is 57.9 Å². The van der Waals surface area contributed by atoms with Crippen LogP contribution in [0.25, 0.3) is 0 Å². The molecule has 0 saturated heterocycles. The Morgan fingerprint density at radius 1 is 1.00 bits per heavy atom. The molecule has 0 aliphatic rings. The highest BCUT2D eigenvalue weighted by Crippen LogP contribution is 2.17. The molecular weight excluding hydrogens is 249 g/mol. The highest BCUT2D eigenvalue weighted by atomic mass is 19.1. The van der Waals surface area contributed by atoms with Gasteiger partial charge in [-0.25, -0.2) is 4.39 Å². The van der Waals surface area contributed by atoms with Gasteiger partial charge in [-0.15, -0.1) is 0 Å². The van der Waals surface area contributed by atoms with Crippen molar-refractivity contribution in [1.82, 2.24) is 5.32 Å². The van der Waals surface area contributed by atoms with Crippen LogP contribution in [0.5, 0.6) is 0 Å². The second-order valence-electron chi connectivity index (χ2n) is 5.71. The second-order valence-corrected chi connectivity index (χ2v) is 5.71. The van der Waals surface area contributed by atoms with Crippen molar-refractivity contribution in [1.29, 1.82) is 0 Å². The molecule has 0 aliphatic heterocycles. The molecule has 1 N–H and O–H groups in total. The number of benzene rings is 1. The maximum absolute atomic E-state index is 12.9. The Labute approximate surface area is 124 Å². The predicted octanol–water partition coefficient (Wildman–Crippen LogP) is 4.95. The van der Waals surface area contributed by atoms with Crippen molar-refractivity contribution in [3.8, 4) is 0 Å². The predicted molar refractivity (Wildman–Crippen MR) is 85.5 cm³/mol. The van der Waals surface area contributed by atoms with E-state index in [4.69, 9.17) is 0 Å². The van der Waals surface area contributed by atoms with Crippen LogP contribution in [0.15, 0.2) is 24.3 Å². The van der Waals surface area contributed by atoms with Crippen LogP contribution in [-0.4, -0.2) is 13.1 Å². The Balaban J connectivity index is 2.36. The summed E-state index contributed by atoms with van der Waals surface area (Å²) in [6.07, 6.45) is 9.01. The van der Waals surface area contributed by atoms with Gasteiger partial charge in [-0.2, -0.15) is 0 Å². The minimum Gasteiger partial charge on any atom is -0.317 e. The Morgan fingerprint density at radius 3 is 2.35 bits per heavy atom. The van der Waals surface area contributed by atoms with Gasteiger partial charge < -0.3 is 5.32 Å². The molecular formula is C18H30FN. The van der Waals surface area contributed by atoms with Crippen LogP contribution >= 0.6 is 0 Å². The van der Waals surface area contributed by atoms with Gasteiger partial charge in [-0.1, -0.05) is 58.1 Å². The Morgan fingerprint density at radius 2 is 1.70 bits per heavy atom. The van der Waals surface area contributed by atoms with Gasteiger partial charge in [0, 0.05) is 0 Å². The van der Waals surface area contributed by atoms with Crippen LogP contribution in [0.2, 0.25) is 0 Å². The van der Waals surface area contributed by atoms with Crippen molar-refractivity contribution in [2.24, 2.45) is 5.92 Å². The summed E-state index contributed by atoms with van der Waals surface area (Å²) in [5.74, 6) is 0.526. The fourth-order valence-electron chi connectivity index (χ4n) is 2.62. The van der Waals surface area contributed by atoms with E-state index in [9.17, 15) is 4.39 Å². The summed E-state index contributed by atoms with van der Waals surface area (Å²) in [7, 11) is 0. The summed E-state index contributed by atoms with van der Waals surface area (Å²) in [6, 6.07) is 6.98. The third-order valence-electron chi connectivity index (χ3n) is 3.84. The first-order chi connectivity index (χ1) is 9.76. The van der Waals surface area contributed by atoms with Crippen LogP contribution in [-0.2, 0) is 6.42 Å². The van der Waals surface area contributed by atoms with Gasteiger partial charge in [0.1, 0.15) is 5.82 Å². The zero-order valence-corrected chi connectivity index (χ0v) is 13.1. The van der Waals surface area contributed by atoms with Gasteiger partial charge in [0.25, 0.3) is 0 Å². The van der Waals surface area contributed by atoms with Crippen LogP contribution in [0, 0.1) is 11.7 Å². The standard InChI is InChI=1S/C18H30FN/c1-3-5-6-7-8-9-17(15-20-4-2)14-16-10-12-18(19)13-11-16/h10-13,17,20H,3-9,14-15H2,1-2H3. The second kappa shape index (κ2) is 10.8. The maximum Gasteiger partial charge on any atom is 0.123 e. The molecule has 0 aromatic heterocycles. The summed E-state index contributed by atoms with van der Waals surface area (Å²) in [6.45, 7) is 6.50. The quantitative estimate of drug-likeness (QED) is 0.565. The van der Waals surface area contributed by atoms with Crippen molar-refractivity contribution in [2.45, 2.75) is 58.8 Å². The summed E-state index contributed by atoms with van der Waals surface area (Å²) in [4.78, 5) is 0. The lowest BCUT2D eigenvalue weighted by Crippen LogP contribution is -2.24. The van der Waals surface area contributed by atoms with Gasteiger partial charge in [0.15, 0.2) is 0 Å². The summed E-state index contributed by atoms with van der Waals surface area (Å²) >= 11 is 0. The van der Waals surface area contributed by atoms with E-state index in [1.54, 1.807) is 12.1 Å². The molecule has 0 bridgehead atoms. The normalized spacial score (nSPS) is 12.6. The monoisotopic (exact) mass is 279 g/mol. The first kappa shape index (κ1) is 17.2. The number of hydrogen-bond donors (Lipinski definition) is 1. The fourth-order valence-corrected chi connectivity index (χ4v) is 2.62. The summed E-state index contributed by atoms with van der Waals surface area (Å²) in [5, 5.41) is 3.46. The molecule has 1 aromatic carbocycles. The molecule has 1 rings (SSSR count). The van der Waals surface area contributed by atoms with Gasteiger partial charge in [-0.3, -0.25) is 0 Å². The molecule has 0 aliphatic carbocycles. The molecule has 0 radical (unpaired) electrons. The molecule has 2 heteroatoms. The molecule has 1 nitrogen and oxygen atoms in total. The Hall–Kier alpha value is -0.890. The molecule has 1 atom stereocenters. The maximum atomic E-state index is 12.9. The van der Waals surface area contributed by atoms with E-state index in [0.29, 0.717) is 5.92 Å².